The molecule has 1 aromatic rings. The lowest BCUT2D eigenvalue weighted by Crippen LogP contribution is -2.47. The summed E-state index contributed by atoms with van der Waals surface area (Å²) in [5, 5.41) is 2.88. The zero-order valence-corrected chi connectivity index (χ0v) is 14.7. The number of allylic oxidation sites excluding steroid dienone is 1. The maximum Gasteiger partial charge on any atom is 0.338 e. The predicted molar refractivity (Wildman–Crippen MR) is 91.7 cm³/mol. The second kappa shape index (κ2) is 7.46. The average Bonchev–Trinajstić information content (AvgIpc) is 2.53. The van der Waals surface area contributed by atoms with Crippen molar-refractivity contribution in [1.29, 1.82) is 0 Å². The van der Waals surface area contributed by atoms with E-state index in [-0.39, 0.29) is 12.6 Å². The van der Waals surface area contributed by atoms with Crippen LogP contribution in [0.5, 0.6) is 0 Å². The molecular formula is C17H19BrN2O3. The van der Waals surface area contributed by atoms with Crippen LogP contribution >= 0.6 is 15.9 Å². The maximum atomic E-state index is 12.5. The van der Waals surface area contributed by atoms with Crippen LogP contribution in [0.2, 0.25) is 0 Å². The summed E-state index contributed by atoms with van der Waals surface area (Å²) < 4.78 is 6.13. The number of urea groups is 1. The van der Waals surface area contributed by atoms with Crippen molar-refractivity contribution in [2.75, 3.05) is 13.2 Å². The monoisotopic (exact) mass is 378 g/mol. The van der Waals surface area contributed by atoms with E-state index in [1.54, 1.807) is 6.92 Å². The first kappa shape index (κ1) is 17.3. The van der Waals surface area contributed by atoms with Crippen molar-refractivity contribution in [2.45, 2.75) is 19.9 Å². The summed E-state index contributed by atoms with van der Waals surface area (Å²) in [6.45, 7) is 7.77. The minimum atomic E-state index is -0.532. The van der Waals surface area contributed by atoms with Crippen molar-refractivity contribution in [1.82, 2.24) is 10.2 Å². The zero-order chi connectivity index (χ0) is 17.0. The molecule has 0 aromatic heterocycles. The topological polar surface area (TPSA) is 58.6 Å². The highest BCUT2D eigenvalue weighted by atomic mass is 79.9. The van der Waals surface area contributed by atoms with Gasteiger partial charge >= 0.3 is 12.0 Å². The Hall–Kier alpha value is -2.08. The highest BCUT2D eigenvalue weighted by Crippen LogP contribution is 2.31. The quantitative estimate of drug-likeness (QED) is 0.629. The van der Waals surface area contributed by atoms with Crippen molar-refractivity contribution >= 4 is 27.9 Å². The fourth-order valence-electron chi connectivity index (χ4n) is 2.54. The van der Waals surface area contributed by atoms with Crippen LogP contribution in [-0.4, -0.2) is 30.1 Å². The number of halogens is 1. The van der Waals surface area contributed by atoms with E-state index in [1.807, 2.05) is 31.2 Å². The summed E-state index contributed by atoms with van der Waals surface area (Å²) in [5.74, 6) is -0.450. The molecule has 5 nitrogen and oxygen atoms in total. The number of carbonyl (C=O) groups excluding carboxylic acids is 2. The van der Waals surface area contributed by atoms with Gasteiger partial charge in [-0.05, 0) is 31.5 Å². The fourth-order valence-corrected chi connectivity index (χ4v) is 2.81. The molecule has 0 radical (unpaired) electrons. The Labute approximate surface area is 144 Å². The van der Waals surface area contributed by atoms with Crippen LogP contribution in [0.4, 0.5) is 4.79 Å². The van der Waals surface area contributed by atoms with Gasteiger partial charge in [0.25, 0.3) is 0 Å². The maximum absolute atomic E-state index is 12.5. The SMILES string of the molecule is C=CCOC(=O)C1=C(C)N(CC)C(=O)N[C@H]1c1ccc(Br)cc1. The number of esters is 1. The van der Waals surface area contributed by atoms with E-state index in [0.29, 0.717) is 17.8 Å². The average molecular weight is 379 g/mol. The van der Waals surface area contributed by atoms with Gasteiger partial charge < -0.3 is 10.1 Å². The summed E-state index contributed by atoms with van der Waals surface area (Å²) >= 11 is 3.38. The molecule has 0 fully saturated rings. The lowest BCUT2D eigenvalue weighted by Gasteiger charge is -2.34. The van der Waals surface area contributed by atoms with E-state index in [4.69, 9.17) is 4.74 Å². The van der Waals surface area contributed by atoms with Gasteiger partial charge in [0.15, 0.2) is 0 Å². The summed E-state index contributed by atoms with van der Waals surface area (Å²) in [6.07, 6.45) is 1.52. The summed E-state index contributed by atoms with van der Waals surface area (Å²) in [5.41, 5.74) is 1.87. The summed E-state index contributed by atoms with van der Waals surface area (Å²) in [6, 6.07) is 6.72. The Morgan fingerprint density at radius 2 is 2.09 bits per heavy atom. The van der Waals surface area contributed by atoms with Gasteiger partial charge in [0.2, 0.25) is 0 Å². The Bertz CT molecular complexity index is 652. The highest BCUT2D eigenvalue weighted by molar-refractivity contribution is 9.10. The number of ether oxygens (including phenoxy) is 1. The van der Waals surface area contributed by atoms with Crippen LogP contribution in [-0.2, 0) is 9.53 Å². The molecule has 1 aliphatic heterocycles. The standard InChI is InChI=1S/C17H19BrN2O3/c1-4-10-23-16(21)14-11(3)20(5-2)17(22)19-15(14)12-6-8-13(18)9-7-12/h4,6-9,15H,1,5,10H2,2-3H3,(H,19,22)/t15-/m0/s1. The van der Waals surface area contributed by atoms with Crippen molar-refractivity contribution in [3.8, 4) is 0 Å². The second-order valence-corrected chi connectivity index (χ2v) is 5.98. The number of carbonyl (C=O) groups is 2. The van der Waals surface area contributed by atoms with Crippen molar-refractivity contribution in [2.24, 2.45) is 0 Å². The third kappa shape index (κ3) is 3.64. The van der Waals surface area contributed by atoms with E-state index >= 15 is 0 Å². The first-order valence-electron chi connectivity index (χ1n) is 7.31. The first-order chi connectivity index (χ1) is 11.0. The molecule has 0 aliphatic carbocycles. The van der Waals surface area contributed by atoms with E-state index in [2.05, 4.69) is 27.8 Å². The van der Waals surface area contributed by atoms with E-state index in [0.717, 1.165) is 10.0 Å². The van der Waals surface area contributed by atoms with Crippen LogP contribution in [0.1, 0.15) is 25.5 Å². The van der Waals surface area contributed by atoms with Gasteiger partial charge in [0, 0.05) is 16.7 Å². The van der Waals surface area contributed by atoms with Crippen LogP contribution in [0.15, 0.2) is 52.7 Å². The highest BCUT2D eigenvalue weighted by Gasteiger charge is 2.35. The molecule has 1 atom stereocenters. The lowest BCUT2D eigenvalue weighted by atomic mass is 9.95. The normalized spacial score (nSPS) is 17.8. The van der Waals surface area contributed by atoms with Gasteiger partial charge in [0.05, 0.1) is 11.6 Å². The molecule has 1 aliphatic rings. The van der Waals surface area contributed by atoms with Gasteiger partial charge in [-0.3, -0.25) is 4.90 Å². The van der Waals surface area contributed by atoms with Crippen LogP contribution in [0.25, 0.3) is 0 Å². The van der Waals surface area contributed by atoms with Crippen molar-refractivity contribution < 1.29 is 14.3 Å². The third-order valence-electron chi connectivity index (χ3n) is 3.67. The number of nitrogens with one attached hydrogen (secondary N) is 1. The number of benzene rings is 1. The molecule has 23 heavy (non-hydrogen) atoms. The van der Waals surface area contributed by atoms with Gasteiger partial charge in [-0.1, -0.05) is 40.7 Å². The molecule has 2 amide bonds. The van der Waals surface area contributed by atoms with E-state index in [1.165, 1.54) is 11.0 Å². The van der Waals surface area contributed by atoms with Crippen LogP contribution in [0.3, 0.4) is 0 Å². The summed E-state index contributed by atoms with van der Waals surface area (Å²) in [4.78, 5) is 26.3. The van der Waals surface area contributed by atoms with Gasteiger partial charge in [-0.15, -0.1) is 0 Å². The molecule has 0 bridgehead atoms. The molecule has 2 rings (SSSR count). The molecule has 0 saturated carbocycles. The van der Waals surface area contributed by atoms with Gasteiger partial charge in [-0.2, -0.15) is 0 Å². The molecule has 1 aromatic carbocycles. The number of amides is 2. The van der Waals surface area contributed by atoms with E-state index in [9.17, 15) is 9.59 Å². The smallest absolute Gasteiger partial charge is 0.338 e. The minimum Gasteiger partial charge on any atom is -0.458 e. The molecule has 1 heterocycles. The molecule has 122 valence electrons. The van der Waals surface area contributed by atoms with Crippen LogP contribution in [0, 0.1) is 0 Å². The van der Waals surface area contributed by atoms with E-state index < -0.39 is 12.0 Å². The predicted octanol–water partition coefficient (Wildman–Crippen LogP) is 3.54. The number of hydrogen-bond acceptors (Lipinski definition) is 3. The van der Waals surface area contributed by atoms with Gasteiger partial charge in [-0.25, -0.2) is 9.59 Å². The Morgan fingerprint density at radius 1 is 1.43 bits per heavy atom. The molecule has 0 spiro atoms. The largest absolute Gasteiger partial charge is 0.458 e. The second-order valence-electron chi connectivity index (χ2n) is 5.06. The van der Waals surface area contributed by atoms with Crippen molar-refractivity contribution in [3.63, 3.8) is 0 Å². The van der Waals surface area contributed by atoms with Gasteiger partial charge in [0.1, 0.15) is 6.61 Å². The van der Waals surface area contributed by atoms with Crippen molar-refractivity contribution in [3.05, 3.63) is 58.2 Å². The molecule has 0 unspecified atom stereocenters. The Kier molecular flexibility index (Phi) is 5.60. The lowest BCUT2D eigenvalue weighted by molar-refractivity contribution is -0.138. The molecular weight excluding hydrogens is 360 g/mol. The number of hydrogen-bond donors (Lipinski definition) is 1. The number of rotatable bonds is 5. The molecule has 0 saturated heterocycles. The minimum absolute atomic E-state index is 0.128. The molecule has 6 heteroatoms. The molecule has 1 N–H and O–H groups in total. The number of nitrogens with zero attached hydrogens (tertiary/aromatic N) is 1. The Morgan fingerprint density at radius 3 is 2.65 bits per heavy atom. The Balaban J connectivity index is 2.47. The van der Waals surface area contributed by atoms with Crippen LogP contribution < -0.4 is 5.32 Å². The summed E-state index contributed by atoms with van der Waals surface area (Å²) in [7, 11) is 0. The fraction of sp³-hybridized carbons (Fsp3) is 0.294. The zero-order valence-electron chi connectivity index (χ0n) is 13.1. The third-order valence-corrected chi connectivity index (χ3v) is 4.20. The first-order valence-corrected chi connectivity index (χ1v) is 8.11.